The Morgan fingerprint density at radius 2 is 1.62 bits per heavy atom. The number of para-hydroxylation sites is 3. The molecule has 0 amide bonds. The minimum atomic E-state index is 0.656. The SMILES string of the molecule is CSc1ccc(-c2cc(=Nc3ccccc3N)c3ccccc3o2)cc1. The summed E-state index contributed by atoms with van der Waals surface area (Å²) in [7, 11) is 0. The van der Waals surface area contributed by atoms with Gasteiger partial charge in [-0.2, -0.15) is 0 Å². The summed E-state index contributed by atoms with van der Waals surface area (Å²) in [5, 5.41) is 1.80. The number of benzene rings is 3. The molecule has 0 atom stereocenters. The number of nitrogens with two attached hydrogens (primary N) is 1. The van der Waals surface area contributed by atoms with Gasteiger partial charge in [-0.15, -0.1) is 11.8 Å². The van der Waals surface area contributed by atoms with Crippen LogP contribution in [0.1, 0.15) is 0 Å². The summed E-state index contributed by atoms with van der Waals surface area (Å²) in [6.45, 7) is 0. The van der Waals surface area contributed by atoms with Crippen molar-refractivity contribution in [3.05, 3.63) is 84.2 Å². The second kappa shape index (κ2) is 7.10. The van der Waals surface area contributed by atoms with Gasteiger partial charge < -0.3 is 10.2 Å². The lowest BCUT2D eigenvalue weighted by molar-refractivity contribution is 0.618. The fraction of sp³-hybridized carbons (Fsp3) is 0.0455. The van der Waals surface area contributed by atoms with E-state index >= 15 is 0 Å². The number of hydrogen-bond donors (Lipinski definition) is 1. The van der Waals surface area contributed by atoms with Crippen LogP contribution >= 0.6 is 11.8 Å². The topological polar surface area (TPSA) is 51.5 Å². The maximum absolute atomic E-state index is 6.13. The van der Waals surface area contributed by atoms with Gasteiger partial charge in [-0.25, -0.2) is 4.99 Å². The Bertz CT molecular complexity index is 1130. The van der Waals surface area contributed by atoms with Gasteiger partial charge in [-0.1, -0.05) is 36.4 Å². The summed E-state index contributed by atoms with van der Waals surface area (Å²) in [5.74, 6) is 0.782. The number of nitrogen functional groups attached to an aromatic ring is 1. The highest BCUT2D eigenvalue weighted by Crippen LogP contribution is 2.26. The first kappa shape index (κ1) is 16.5. The Hall–Kier alpha value is -2.98. The highest BCUT2D eigenvalue weighted by molar-refractivity contribution is 7.98. The molecule has 1 aromatic heterocycles. The van der Waals surface area contributed by atoms with Crippen LogP contribution in [0.4, 0.5) is 11.4 Å². The van der Waals surface area contributed by atoms with Crippen molar-refractivity contribution in [2.24, 2.45) is 4.99 Å². The van der Waals surface area contributed by atoms with Gasteiger partial charge >= 0.3 is 0 Å². The minimum absolute atomic E-state index is 0.656. The average molecular weight is 358 g/mol. The zero-order valence-electron chi connectivity index (χ0n) is 14.3. The normalized spacial score (nSPS) is 11.8. The van der Waals surface area contributed by atoms with Gasteiger partial charge in [-0.05, 0) is 42.7 Å². The first-order valence-electron chi connectivity index (χ1n) is 8.31. The number of rotatable bonds is 3. The van der Waals surface area contributed by atoms with Crippen LogP contribution in [-0.4, -0.2) is 6.26 Å². The molecule has 0 radical (unpaired) electrons. The predicted molar refractivity (Wildman–Crippen MR) is 110 cm³/mol. The summed E-state index contributed by atoms with van der Waals surface area (Å²) < 4.78 is 6.13. The predicted octanol–water partition coefficient (Wildman–Crippen LogP) is 5.64. The van der Waals surface area contributed by atoms with Crippen molar-refractivity contribution in [2.75, 3.05) is 12.0 Å². The number of hydrogen-bond acceptors (Lipinski definition) is 4. The van der Waals surface area contributed by atoms with Gasteiger partial charge in [0.25, 0.3) is 0 Å². The molecule has 128 valence electrons. The Morgan fingerprint density at radius 3 is 2.38 bits per heavy atom. The van der Waals surface area contributed by atoms with Crippen molar-refractivity contribution in [3.63, 3.8) is 0 Å². The van der Waals surface area contributed by atoms with E-state index in [1.807, 2.05) is 54.6 Å². The third kappa shape index (κ3) is 3.24. The lowest BCUT2D eigenvalue weighted by Gasteiger charge is -2.06. The van der Waals surface area contributed by atoms with Crippen molar-refractivity contribution in [1.29, 1.82) is 0 Å². The molecule has 4 heteroatoms. The van der Waals surface area contributed by atoms with Gasteiger partial charge in [-0.3, -0.25) is 0 Å². The molecule has 0 spiro atoms. The van der Waals surface area contributed by atoms with Crippen LogP contribution in [0.3, 0.4) is 0 Å². The number of thioether (sulfide) groups is 1. The molecule has 26 heavy (non-hydrogen) atoms. The van der Waals surface area contributed by atoms with Crippen molar-refractivity contribution in [3.8, 4) is 11.3 Å². The van der Waals surface area contributed by atoms with E-state index in [4.69, 9.17) is 15.1 Å². The molecule has 0 saturated carbocycles. The van der Waals surface area contributed by atoms with E-state index < -0.39 is 0 Å². The third-order valence-electron chi connectivity index (χ3n) is 4.20. The molecule has 0 saturated heterocycles. The lowest BCUT2D eigenvalue weighted by Crippen LogP contribution is -2.03. The van der Waals surface area contributed by atoms with E-state index in [1.165, 1.54) is 4.90 Å². The molecule has 0 fully saturated rings. The van der Waals surface area contributed by atoms with Crippen LogP contribution in [0.2, 0.25) is 0 Å². The van der Waals surface area contributed by atoms with Crippen LogP contribution < -0.4 is 11.1 Å². The van der Waals surface area contributed by atoms with Crippen LogP contribution in [0, 0.1) is 0 Å². The van der Waals surface area contributed by atoms with E-state index in [-0.39, 0.29) is 0 Å². The highest BCUT2D eigenvalue weighted by Gasteiger charge is 2.06. The Labute approximate surface area is 156 Å². The number of anilines is 1. The van der Waals surface area contributed by atoms with Crippen LogP contribution in [0.25, 0.3) is 22.3 Å². The number of fused-ring (bicyclic) bond motifs is 1. The van der Waals surface area contributed by atoms with E-state index in [9.17, 15) is 0 Å². The molecule has 4 rings (SSSR count). The molecular formula is C22H18N2OS. The Balaban J connectivity index is 1.95. The molecule has 2 N–H and O–H groups in total. The summed E-state index contributed by atoms with van der Waals surface area (Å²) in [5.41, 5.74) is 9.30. The fourth-order valence-electron chi connectivity index (χ4n) is 2.83. The first-order chi connectivity index (χ1) is 12.7. The molecular weight excluding hydrogens is 340 g/mol. The lowest BCUT2D eigenvalue weighted by atomic mass is 10.1. The molecule has 3 nitrogen and oxygen atoms in total. The van der Waals surface area contributed by atoms with E-state index in [1.54, 1.807) is 11.8 Å². The molecule has 0 bridgehead atoms. The summed E-state index contributed by atoms with van der Waals surface area (Å²) >= 11 is 1.72. The third-order valence-corrected chi connectivity index (χ3v) is 4.95. The molecule has 1 heterocycles. The van der Waals surface area contributed by atoms with Crippen molar-refractivity contribution >= 4 is 34.1 Å². The van der Waals surface area contributed by atoms with Gasteiger partial charge in [0.05, 0.1) is 16.7 Å². The fourth-order valence-corrected chi connectivity index (χ4v) is 3.23. The van der Waals surface area contributed by atoms with Crippen LogP contribution in [-0.2, 0) is 0 Å². The summed E-state index contributed by atoms with van der Waals surface area (Å²) in [4.78, 5) is 6.02. The summed E-state index contributed by atoms with van der Waals surface area (Å²) in [6, 6.07) is 25.8. The van der Waals surface area contributed by atoms with Crippen molar-refractivity contribution in [1.82, 2.24) is 0 Å². The smallest absolute Gasteiger partial charge is 0.136 e. The van der Waals surface area contributed by atoms with E-state index in [0.717, 1.165) is 33.3 Å². The Kier molecular flexibility index (Phi) is 4.50. The molecule has 0 aliphatic carbocycles. The molecule has 0 aliphatic rings. The summed E-state index contributed by atoms with van der Waals surface area (Å²) in [6.07, 6.45) is 2.07. The number of nitrogens with zero attached hydrogens (tertiary/aromatic N) is 1. The van der Waals surface area contributed by atoms with E-state index in [2.05, 4.69) is 30.5 Å². The van der Waals surface area contributed by atoms with Gasteiger partial charge in [0.1, 0.15) is 11.3 Å². The van der Waals surface area contributed by atoms with Gasteiger partial charge in [0, 0.05) is 21.9 Å². The standard InChI is InChI=1S/C22H18N2OS/c1-26-16-12-10-15(11-13-16)22-14-20(17-6-2-5-9-21(17)25-22)24-19-8-4-3-7-18(19)23/h2-14H,23H2,1H3. The molecule has 0 unspecified atom stereocenters. The zero-order chi connectivity index (χ0) is 17.9. The molecule has 4 aromatic rings. The first-order valence-corrected chi connectivity index (χ1v) is 9.53. The second-order valence-corrected chi connectivity index (χ2v) is 6.77. The van der Waals surface area contributed by atoms with Gasteiger partial charge in [0.2, 0.25) is 0 Å². The maximum Gasteiger partial charge on any atom is 0.136 e. The largest absolute Gasteiger partial charge is 0.456 e. The second-order valence-electron chi connectivity index (χ2n) is 5.89. The maximum atomic E-state index is 6.13. The van der Waals surface area contributed by atoms with Crippen molar-refractivity contribution in [2.45, 2.75) is 4.90 Å². The molecule has 0 aliphatic heterocycles. The molecule has 3 aromatic carbocycles. The minimum Gasteiger partial charge on any atom is -0.456 e. The quantitative estimate of drug-likeness (QED) is 0.381. The zero-order valence-corrected chi connectivity index (χ0v) is 15.2. The highest BCUT2D eigenvalue weighted by atomic mass is 32.2. The average Bonchev–Trinajstić information content (AvgIpc) is 2.69. The van der Waals surface area contributed by atoms with Crippen LogP contribution in [0.15, 0.2) is 93.2 Å². The van der Waals surface area contributed by atoms with Crippen LogP contribution in [0.5, 0.6) is 0 Å². The van der Waals surface area contributed by atoms with E-state index in [0.29, 0.717) is 5.69 Å². The Morgan fingerprint density at radius 1 is 0.885 bits per heavy atom. The van der Waals surface area contributed by atoms with Crippen molar-refractivity contribution < 1.29 is 4.42 Å². The monoisotopic (exact) mass is 358 g/mol. The van der Waals surface area contributed by atoms with Gasteiger partial charge in [0.15, 0.2) is 0 Å².